The van der Waals surface area contributed by atoms with Gasteiger partial charge in [-0.05, 0) is 23.8 Å². The molecule has 2 aromatic rings. The van der Waals surface area contributed by atoms with Crippen LogP contribution in [0.5, 0.6) is 11.5 Å². The molecule has 1 unspecified atom stereocenters. The van der Waals surface area contributed by atoms with Crippen molar-refractivity contribution in [2.45, 2.75) is 6.04 Å². The molecule has 0 bridgehead atoms. The highest BCUT2D eigenvalue weighted by Crippen LogP contribution is 2.44. The van der Waals surface area contributed by atoms with Crippen LogP contribution in [-0.4, -0.2) is 45.3 Å². The summed E-state index contributed by atoms with van der Waals surface area (Å²) in [5.41, 5.74) is 1.93. The summed E-state index contributed by atoms with van der Waals surface area (Å²) in [6.45, 7) is 3.64. The molecule has 3 rings (SSSR count). The molecule has 1 heterocycles. The predicted octanol–water partition coefficient (Wildman–Crippen LogP) is 4.01. The van der Waals surface area contributed by atoms with E-state index in [2.05, 4.69) is 10.2 Å². The Morgan fingerprint density at radius 2 is 1.56 bits per heavy atom. The highest BCUT2D eigenvalue weighted by molar-refractivity contribution is 6.42. The minimum absolute atomic E-state index is 0.0978. The predicted molar refractivity (Wildman–Crippen MR) is 102 cm³/mol. The third kappa shape index (κ3) is 3.72. The summed E-state index contributed by atoms with van der Waals surface area (Å²) in [5, 5.41) is 4.51. The molecule has 1 aliphatic heterocycles. The number of halogens is 2. The maximum atomic E-state index is 6.59. The van der Waals surface area contributed by atoms with Crippen molar-refractivity contribution >= 4 is 23.2 Å². The molecular weight excluding hydrogens is 359 g/mol. The van der Waals surface area contributed by atoms with Gasteiger partial charge in [-0.25, -0.2) is 0 Å². The van der Waals surface area contributed by atoms with Gasteiger partial charge in [0.15, 0.2) is 0 Å². The summed E-state index contributed by atoms with van der Waals surface area (Å²) in [4.78, 5) is 2.38. The number of nitrogens with zero attached hydrogens (tertiary/aromatic N) is 1. The van der Waals surface area contributed by atoms with Crippen molar-refractivity contribution in [3.63, 3.8) is 0 Å². The van der Waals surface area contributed by atoms with Gasteiger partial charge in [-0.15, -0.1) is 0 Å². The molecule has 1 atom stereocenters. The molecule has 0 aliphatic carbocycles. The van der Waals surface area contributed by atoms with Crippen molar-refractivity contribution < 1.29 is 9.47 Å². The summed E-state index contributed by atoms with van der Waals surface area (Å²) in [6, 6.07) is 11.5. The van der Waals surface area contributed by atoms with Crippen LogP contribution < -0.4 is 14.8 Å². The Morgan fingerprint density at radius 3 is 2.16 bits per heavy atom. The lowest BCUT2D eigenvalue weighted by Crippen LogP contribution is -2.45. The molecule has 0 saturated carbocycles. The maximum Gasteiger partial charge on any atom is 0.127 e. The van der Waals surface area contributed by atoms with Gasteiger partial charge >= 0.3 is 0 Å². The molecule has 0 amide bonds. The average Bonchev–Trinajstić information content (AvgIpc) is 2.66. The van der Waals surface area contributed by atoms with Crippen LogP contribution in [0.4, 0.5) is 0 Å². The molecule has 2 aromatic carbocycles. The smallest absolute Gasteiger partial charge is 0.127 e. The summed E-state index contributed by atoms with van der Waals surface area (Å²) >= 11 is 12.9. The second-order valence-electron chi connectivity index (χ2n) is 5.91. The van der Waals surface area contributed by atoms with Gasteiger partial charge in [-0.1, -0.05) is 41.4 Å². The number of nitrogens with one attached hydrogen (secondary N) is 1. The van der Waals surface area contributed by atoms with Crippen molar-refractivity contribution in [3.05, 3.63) is 57.6 Å². The van der Waals surface area contributed by atoms with E-state index in [4.69, 9.17) is 32.7 Å². The van der Waals surface area contributed by atoms with E-state index in [1.165, 1.54) is 0 Å². The Labute approximate surface area is 158 Å². The Hall–Kier alpha value is -1.46. The zero-order valence-electron chi connectivity index (χ0n) is 14.4. The molecule has 0 radical (unpaired) electrons. The standard InChI is InChI=1S/C19H22Cl2N2O2/c1-24-15-7-4-8-16(25-2)17(15)19(23-11-9-22-10-12-23)13-5-3-6-14(20)18(13)21/h3-8,19,22H,9-12H2,1-2H3. The average molecular weight is 381 g/mol. The lowest BCUT2D eigenvalue weighted by Gasteiger charge is -2.37. The third-order valence-electron chi connectivity index (χ3n) is 4.53. The molecule has 6 heteroatoms. The van der Waals surface area contributed by atoms with E-state index in [9.17, 15) is 0 Å². The van der Waals surface area contributed by atoms with Crippen LogP contribution in [0.15, 0.2) is 36.4 Å². The fourth-order valence-electron chi connectivity index (χ4n) is 3.36. The Bertz CT molecular complexity index is 711. The van der Waals surface area contributed by atoms with Crippen LogP contribution >= 0.6 is 23.2 Å². The lowest BCUT2D eigenvalue weighted by molar-refractivity contribution is 0.192. The first-order valence-corrected chi connectivity index (χ1v) is 9.02. The highest BCUT2D eigenvalue weighted by Gasteiger charge is 2.31. The van der Waals surface area contributed by atoms with Gasteiger partial charge in [0.05, 0.1) is 35.9 Å². The zero-order valence-corrected chi connectivity index (χ0v) is 15.9. The highest BCUT2D eigenvalue weighted by atomic mass is 35.5. The van der Waals surface area contributed by atoms with Gasteiger partial charge in [0, 0.05) is 26.2 Å². The van der Waals surface area contributed by atoms with Gasteiger partial charge in [-0.3, -0.25) is 4.90 Å². The molecule has 1 aliphatic rings. The van der Waals surface area contributed by atoms with Crippen LogP contribution in [0.2, 0.25) is 10.0 Å². The number of methoxy groups -OCH3 is 2. The van der Waals surface area contributed by atoms with Crippen molar-refractivity contribution in [2.75, 3.05) is 40.4 Å². The summed E-state index contributed by atoms with van der Waals surface area (Å²) in [7, 11) is 3.35. The molecule has 0 spiro atoms. The van der Waals surface area contributed by atoms with E-state index < -0.39 is 0 Å². The second-order valence-corrected chi connectivity index (χ2v) is 6.69. The molecule has 25 heavy (non-hydrogen) atoms. The molecule has 134 valence electrons. The van der Waals surface area contributed by atoms with Crippen molar-refractivity contribution in [2.24, 2.45) is 0 Å². The second kappa shape index (κ2) is 8.28. The van der Waals surface area contributed by atoms with E-state index in [0.717, 1.165) is 48.8 Å². The van der Waals surface area contributed by atoms with E-state index in [0.29, 0.717) is 10.0 Å². The fourth-order valence-corrected chi connectivity index (χ4v) is 3.77. The number of piperazine rings is 1. The fraction of sp³-hybridized carbons (Fsp3) is 0.368. The van der Waals surface area contributed by atoms with Gasteiger partial charge in [0.2, 0.25) is 0 Å². The van der Waals surface area contributed by atoms with Crippen molar-refractivity contribution in [3.8, 4) is 11.5 Å². The molecule has 1 N–H and O–H groups in total. The first-order valence-electron chi connectivity index (χ1n) is 8.27. The number of hydrogen-bond donors (Lipinski definition) is 1. The van der Waals surface area contributed by atoms with Crippen molar-refractivity contribution in [1.82, 2.24) is 10.2 Å². The Morgan fingerprint density at radius 1 is 0.960 bits per heavy atom. The van der Waals surface area contributed by atoms with Crippen LogP contribution in [0.1, 0.15) is 17.2 Å². The van der Waals surface area contributed by atoms with Crippen LogP contribution in [-0.2, 0) is 0 Å². The number of benzene rings is 2. The largest absolute Gasteiger partial charge is 0.496 e. The number of hydrogen-bond acceptors (Lipinski definition) is 4. The molecule has 4 nitrogen and oxygen atoms in total. The molecule has 1 saturated heterocycles. The van der Waals surface area contributed by atoms with Crippen LogP contribution in [0, 0.1) is 0 Å². The molecule has 1 fully saturated rings. The molecular formula is C19H22Cl2N2O2. The van der Waals surface area contributed by atoms with Crippen LogP contribution in [0.3, 0.4) is 0 Å². The van der Waals surface area contributed by atoms with Gasteiger partial charge in [0.1, 0.15) is 11.5 Å². The summed E-state index contributed by atoms with van der Waals surface area (Å²) < 4.78 is 11.3. The Balaban J connectivity index is 2.20. The minimum Gasteiger partial charge on any atom is -0.496 e. The normalized spacial score (nSPS) is 16.5. The van der Waals surface area contributed by atoms with E-state index in [1.54, 1.807) is 14.2 Å². The third-order valence-corrected chi connectivity index (χ3v) is 5.37. The first kappa shape index (κ1) is 18.3. The monoisotopic (exact) mass is 380 g/mol. The van der Waals surface area contributed by atoms with Gasteiger partial charge < -0.3 is 14.8 Å². The van der Waals surface area contributed by atoms with E-state index in [1.807, 2.05) is 36.4 Å². The van der Waals surface area contributed by atoms with E-state index >= 15 is 0 Å². The van der Waals surface area contributed by atoms with E-state index in [-0.39, 0.29) is 6.04 Å². The SMILES string of the molecule is COc1cccc(OC)c1C(c1cccc(Cl)c1Cl)N1CCNCC1. The van der Waals surface area contributed by atoms with Gasteiger partial charge in [-0.2, -0.15) is 0 Å². The van der Waals surface area contributed by atoms with Crippen molar-refractivity contribution in [1.29, 1.82) is 0 Å². The number of ether oxygens (including phenoxy) is 2. The molecule has 0 aromatic heterocycles. The van der Waals surface area contributed by atoms with Crippen LogP contribution in [0.25, 0.3) is 0 Å². The maximum absolute atomic E-state index is 6.59. The number of rotatable bonds is 5. The zero-order chi connectivity index (χ0) is 17.8. The quantitative estimate of drug-likeness (QED) is 0.849. The summed E-state index contributed by atoms with van der Waals surface area (Å²) in [5.74, 6) is 1.55. The first-order chi connectivity index (χ1) is 12.2. The minimum atomic E-state index is -0.0978. The lowest BCUT2D eigenvalue weighted by atomic mass is 9.94. The van der Waals surface area contributed by atoms with Gasteiger partial charge in [0.25, 0.3) is 0 Å². The Kier molecular flexibility index (Phi) is 6.07. The topological polar surface area (TPSA) is 33.7 Å². The summed E-state index contributed by atoms with van der Waals surface area (Å²) in [6.07, 6.45) is 0.